The van der Waals surface area contributed by atoms with Crippen LogP contribution in [0.3, 0.4) is 0 Å². The fourth-order valence-corrected chi connectivity index (χ4v) is 0.408. The van der Waals surface area contributed by atoms with Crippen LogP contribution in [0.25, 0.3) is 0 Å². The first-order valence-electron chi connectivity index (χ1n) is 2.56. The summed E-state index contributed by atoms with van der Waals surface area (Å²) in [5, 5.41) is 0. The van der Waals surface area contributed by atoms with E-state index in [1.54, 1.807) is 0 Å². The Hall–Kier alpha value is 1.81. The summed E-state index contributed by atoms with van der Waals surface area (Å²) in [6, 6.07) is 0. The van der Waals surface area contributed by atoms with E-state index in [-0.39, 0.29) is 58.2 Å². The Morgan fingerprint density at radius 3 is 1.86 bits per heavy atom. The van der Waals surface area contributed by atoms with E-state index in [0.29, 0.717) is 0 Å². The van der Waals surface area contributed by atoms with Crippen LogP contribution in [0.4, 0.5) is 0 Å². The molecule has 0 unspecified atom stereocenters. The van der Waals surface area contributed by atoms with E-state index in [0.717, 1.165) is 12.3 Å². The summed E-state index contributed by atoms with van der Waals surface area (Å²) in [5.41, 5.74) is 0. The maximum Gasteiger partial charge on any atom is 1.00 e. The number of hydrogen-bond donors (Lipinski definition) is 0. The SMILES string of the molecule is [CH2-]CCC(C)C.[Rb+]. The summed E-state index contributed by atoms with van der Waals surface area (Å²) >= 11 is 0. The van der Waals surface area contributed by atoms with Crippen molar-refractivity contribution in [2.24, 2.45) is 5.92 Å². The molecule has 0 spiro atoms. The smallest absolute Gasteiger partial charge is 0.343 e. The van der Waals surface area contributed by atoms with Gasteiger partial charge in [-0.15, -0.1) is 0 Å². The van der Waals surface area contributed by atoms with E-state index in [1.165, 1.54) is 6.42 Å². The van der Waals surface area contributed by atoms with Crippen LogP contribution in [0.15, 0.2) is 0 Å². The zero-order valence-electron chi connectivity index (χ0n) is 5.70. The minimum absolute atomic E-state index is 0. The molecule has 0 atom stereocenters. The Bertz CT molecular complexity index is 25.4. The molecular weight excluding hydrogens is 158 g/mol. The molecule has 0 saturated heterocycles. The van der Waals surface area contributed by atoms with Crippen molar-refractivity contribution in [3.8, 4) is 0 Å². The summed E-state index contributed by atoms with van der Waals surface area (Å²) in [6.07, 6.45) is 2.34. The topological polar surface area (TPSA) is 0 Å². The van der Waals surface area contributed by atoms with Gasteiger partial charge in [-0.25, -0.2) is 0 Å². The molecule has 0 heterocycles. The Morgan fingerprint density at radius 2 is 1.86 bits per heavy atom. The third kappa shape index (κ3) is 11.4. The molecule has 0 radical (unpaired) electrons. The molecule has 0 N–H and O–H groups in total. The van der Waals surface area contributed by atoms with Gasteiger partial charge in [-0.3, -0.25) is 0 Å². The van der Waals surface area contributed by atoms with Crippen molar-refractivity contribution >= 4 is 0 Å². The Morgan fingerprint density at radius 1 is 1.43 bits per heavy atom. The molecule has 0 rings (SSSR count). The van der Waals surface area contributed by atoms with Crippen LogP contribution in [0.2, 0.25) is 0 Å². The number of hydrogen-bond acceptors (Lipinski definition) is 0. The van der Waals surface area contributed by atoms with E-state index in [9.17, 15) is 0 Å². The molecule has 7 heavy (non-hydrogen) atoms. The van der Waals surface area contributed by atoms with Crippen LogP contribution in [0, 0.1) is 12.8 Å². The number of rotatable bonds is 2. The van der Waals surface area contributed by atoms with Gasteiger partial charge in [0, 0.05) is 0 Å². The van der Waals surface area contributed by atoms with Gasteiger partial charge >= 0.3 is 58.2 Å². The van der Waals surface area contributed by atoms with E-state index in [2.05, 4.69) is 20.8 Å². The summed E-state index contributed by atoms with van der Waals surface area (Å²) in [6.45, 7) is 8.15. The van der Waals surface area contributed by atoms with Gasteiger partial charge in [0.15, 0.2) is 0 Å². The van der Waals surface area contributed by atoms with Gasteiger partial charge < -0.3 is 6.92 Å². The van der Waals surface area contributed by atoms with Crippen LogP contribution in [-0.2, 0) is 0 Å². The van der Waals surface area contributed by atoms with Crippen molar-refractivity contribution in [2.75, 3.05) is 0 Å². The third-order valence-corrected chi connectivity index (χ3v) is 0.781. The molecule has 0 bridgehead atoms. The minimum Gasteiger partial charge on any atom is -0.343 e. The molecule has 0 nitrogen and oxygen atoms in total. The first-order valence-corrected chi connectivity index (χ1v) is 2.56. The summed E-state index contributed by atoms with van der Waals surface area (Å²) < 4.78 is 0. The van der Waals surface area contributed by atoms with Gasteiger partial charge in [0.2, 0.25) is 0 Å². The van der Waals surface area contributed by atoms with Gasteiger partial charge in [-0.1, -0.05) is 20.3 Å². The normalized spacial score (nSPS) is 8.57. The molecule has 0 aliphatic rings. The zero-order valence-corrected chi connectivity index (χ0v) is 10.6. The second kappa shape index (κ2) is 7.81. The summed E-state index contributed by atoms with van der Waals surface area (Å²) in [4.78, 5) is 0. The molecule has 0 aromatic carbocycles. The first-order chi connectivity index (χ1) is 2.77. The second-order valence-electron chi connectivity index (χ2n) is 2.04. The van der Waals surface area contributed by atoms with Crippen LogP contribution in [0.1, 0.15) is 26.7 Å². The summed E-state index contributed by atoms with van der Waals surface area (Å²) in [5.74, 6) is 0.836. The average Bonchev–Trinajstić information content (AvgIpc) is 1.35. The monoisotopic (exact) mass is 170 g/mol. The van der Waals surface area contributed by atoms with Crippen molar-refractivity contribution < 1.29 is 58.2 Å². The zero-order chi connectivity index (χ0) is 4.99. The molecule has 38 valence electrons. The van der Waals surface area contributed by atoms with Crippen molar-refractivity contribution in [3.05, 3.63) is 6.92 Å². The Balaban J connectivity index is 0. The average molecular weight is 171 g/mol. The predicted octanol–water partition coefficient (Wildman–Crippen LogP) is -0.739. The fraction of sp³-hybridized carbons (Fsp3) is 0.833. The van der Waals surface area contributed by atoms with Gasteiger partial charge in [0.1, 0.15) is 0 Å². The van der Waals surface area contributed by atoms with E-state index >= 15 is 0 Å². The Kier molecular flexibility index (Phi) is 12.9. The van der Waals surface area contributed by atoms with Crippen molar-refractivity contribution in [1.82, 2.24) is 0 Å². The van der Waals surface area contributed by atoms with Gasteiger partial charge in [0.05, 0.1) is 0 Å². The van der Waals surface area contributed by atoms with Crippen LogP contribution in [-0.4, -0.2) is 0 Å². The second-order valence-corrected chi connectivity index (χ2v) is 2.04. The van der Waals surface area contributed by atoms with Crippen LogP contribution >= 0.6 is 0 Å². The van der Waals surface area contributed by atoms with Crippen LogP contribution in [0.5, 0.6) is 0 Å². The molecule has 0 aliphatic carbocycles. The third-order valence-electron chi connectivity index (χ3n) is 0.781. The Labute approximate surface area is 95.9 Å². The largest absolute Gasteiger partial charge is 1.00 e. The van der Waals surface area contributed by atoms with Crippen molar-refractivity contribution in [1.29, 1.82) is 0 Å². The minimum atomic E-state index is 0. The molecule has 0 amide bonds. The fourth-order valence-electron chi connectivity index (χ4n) is 0.408. The standard InChI is InChI=1S/C6H13.Rb/c1-4-5-6(2)3;/h6H,1,4-5H2,2-3H3;/q-1;+1. The van der Waals surface area contributed by atoms with E-state index < -0.39 is 0 Å². The maximum atomic E-state index is 3.73. The molecule has 0 fully saturated rings. The first kappa shape index (κ1) is 11.6. The van der Waals surface area contributed by atoms with Crippen molar-refractivity contribution in [3.63, 3.8) is 0 Å². The van der Waals surface area contributed by atoms with Gasteiger partial charge in [-0.2, -0.15) is 6.42 Å². The molecule has 1 heteroatoms. The van der Waals surface area contributed by atoms with E-state index in [4.69, 9.17) is 0 Å². The predicted molar refractivity (Wildman–Crippen MR) is 29.4 cm³/mol. The quantitative estimate of drug-likeness (QED) is 0.479. The van der Waals surface area contributed by atoms with Crippen molar-refractivity contribution in [2.45, 2.75) is 26.7 Å². The molecule has 0 aliphatic heterocycles. The summed E-state index contributed by atoms with van der Waals surface area (Å²) in [7, 11) is 0. The van der Waals surface area contributed by atoms with E-state index in [1.807, 2.05) is 0 Å². The maximum absolute atomic E-state index is 3.73. The molecular formula is C6H13Rb. The van der Waals surface area contributed by atoms with Crippen LogP contribution < -0.4 is 58.2 Å². The molecule has 0 aromatic rings. The van der Waals surface area contributed by atoms with Gasteiger partial charge in [0.25, 0.3) is 0 Å². The molecule has 0 aromatic heterocycles. The van der Waals surface area contributed by atoms with Gasteiger partial charge in [-0.05, 0) is 5.92 Å². The molecule has 0 saturated carbocycles.